The number of hydrogen-bond acceptors (Lipinski definition) is 2. The Morgan fingerprint density at radius 1 is 1.36 bits per heavy atom. The van der Waals surface area contributed by atoms with Crippen molar-refractivity contribution >= 4 is 16.1 Å². The third-order valence-corrected chi connectivity index (χ3v) is 1.41. The summed E-state index contributed by atoms with van der Waals surface area (Å²) < 4.78 is 27.0. The van der Waals surface area contributed by atoms with E-state index in [0.717, 1.165) is 0 Å². The van der Waals surface area contributed by atoms with Crippen LogP contribution in [-0.2, 0) is 10.2 Å². The molecule has 60 valence electrons. The van der Waals surface area contributed by atoms with Gasteiger partial charge in [0.05, 0.1) is 0 Å². The molecule has 2 nitrogen and oxygen atoms in total. The molecule has 0 heterocycles. The highest BCUT2D eigenvalue weighted by atomic mass is 32.3. The van der Waals surface area contributed by atoms with Crippen LogP contribution in [0, 0.1) is 0 Å². The maximum absolute atomic E-state index is 12.3. The van der Waals surface area contributed by atoms with Crippen molar-refractivity contribution in [1.82, 2.24) is 0 Å². The summed E-state index contributed by atoms with van der Waals surface area (Å²) in [5.74, 6) is 2.92. The van der Waals surface area contributed by atoms with Gasteiger partial charge in [-0.25, -0.2) is 0 Å². The average Bonchev–Trinajstić information content (AvgIpc) is 1.85. The number of rotatable bonds is 2. The third-order valence-electron chi connectivity index (χ3n) is 0.964. The van der Waals surface area contributed by atoms with Gasteiger partial charge in [0.15, 0.2) is 0 Å². The Labute approximate surface area is 65.1 Å². The Balaban J connectivity index is 2.82. The van der Waals surface area contributed by atoms with Gasteiger partial charge in [-0.05, 0) is 12.1 Å². The monoisotopic (exact) mass is 174 g/mol. The van der Waals surface area contributed by atoms with Crippen LogP contribution in [0.3, 0.4) is 0 Å². The van der Waals surface area contributed by atoms with Crippen LogP contribution in [0.15, 0.2) is 30.3 Å². The van der Waals surface area contributed by atoms with Gasteiger partial charge in [0.2, 0.25) is 0 Å². The van der Waals surface area contributed by atoms with Gasteiger partial charge in [0, 0.05) is 5.87 Å². The van der Waals surface area contributed by atoms with E-state index in [-0.39, 0.29) is 5.75 Å². The molecule has 0 radical (unpaired) electrons. The SMILES string of the molecule is C=S(=O)(F)Oc1ccccc1. The molecular weight excluding hydrogens is 167 g/mol. The Bertz CT molecular complexity index is 318. The van der Waals surface area contributed by atoms with Crippen molar-refractivity contribution in [1.29, 1.82) is 0 Å². The van der Waals surface area contributed by atoms with Crippen LogP contribution < -0.4 is 4.18 Å². The summed E-state index contributed by atoms with van der Waals surface area (Å²) in [6, 6.07) is 8.06. The Morgan fingerprint density at radius 3 is 2.36 bits per heavy atom. The van der Waals surface area contributed by atoms with Gasteiger partial charge in [-0.2, -0.15) is 4.21 Å². The lowest BCUT2D eigenvalue weighted by molar-refractivity contribution is 0.514. The summed E-state index contributed by atoms with van der Waals surface area (Å²) >= 11 is 0. The summed E-state index contributed by atoms with van der Waals surface area (Å²) in [6.07, 6.45) is 0. The van der Waals surface area contributed by atoms with Crippen molar-refractivity contribution in [2.45, 2.75) is 0 Å². The predicted octanol–water partition coefficient (Wildman–Crippen LogP) is 1.58. The van der Waals surface area contributed by atoms with Crippen LogP contribution in [0.5, 0.6) is 5.75 Å². The lowest BCUT2D eigenvalue weighted by Gasteiger charge is -2.00. The number of hydrogen-bond donors (Lipinski definition) is 0. The van der Waals surface area contributed by atoms with Crippen molar-refractivity contribution < 1.29 is 12.3 Å². The minimum Gasteiger partial charge on any atom is -0.387 e. The molecule has 0 saturated carbocycles. The van der Waals surface area contributed by atoms with Crippen molar-refractivity contribution in [3.8, 4) is 5.75 Å². The van der Waals surface area contributed by atoms with Crippen LogP contribution in [0.4, 0.5) is 3.89 Å². The van der Waals surface area contributed by atoms with E-state index in [1.807, 2.05) is 0 Å². The molecule has 0 aliphatic carbocycles. The quantitative estimate of drug-likeness (QED) is 0.502. The van der Waals surface area contributed by atoms with Crippen LogP contribution >= 0.6 is 0 Å². The molecular formula is C7H7FO2S. The maximum Gasteiger partial charge on any atom is 0.279 e. The van der Waals surface area contributed by atoms with Gasteiger partial charge >= 0.3 is 0 Å². The highest BCUT2D eigenvalue weighted by Gasteiger charge is 1.99. The zero-order valence-corrected chi connectivity index (χ0v) is 6.51. The predicted molar refractivity (Wildman–Crippen MR) is 43.4 cm³/mol. The van der Waals surface area contributed by atoms with E-state index >= 15 is 0 Å². The summed E-state index contributed by atoms with van der Waals surface area (Å²) in [5, 5.41) is 0. The van der Waals surface area contributed by atoms with Gasteiger partial charge < -0.3 is 4.18 Å². The standard InChI is InChI=1S/C7H7FO2S/c1-11(8,9)10-7-5-3-2-4-6-7/h2-6H,1H2. The van der Waals surface area contributed by atoms with Gasteiger partial charge in [0.1, 0.15) is 5.75 Å². The summed E-state index contributed by atoms with van der Waals surface area (Å²) in [6.45, 7) is 0. The molecule has 0 fully saturated rings. The molecule has 0 aliphatic heterocycles. The first-order valence-corrected chi connectivity index (χ1v) is 4.44. The normalized spacial score (nSPS) is 15.4. The fourth-order valence-electron chi connectivity index (χ4n) is 0.620. The zero-order valence-electron chi connectivity index (χ0n) is 5.70. The lowest BCUT2D eigenvalue weighted by Crippen LogP contribution is -2.00. The zero-order chi connectivity index (χ0) is 8.32. The molecule has 4 heteroatoms. The fraction of sp³-hybridized carbons (Fsp3) is 0. The molecule has 0 N–H and O–H groups in total. The first-order valence-electron chi connectivity index (χ1n) is 2.89. The topological polar surface area (TPSA) is 26.3 Å². The van der Waals surface area contributed by atoms with E-state index in [4.69, 9.17) is 0 Å². The molecule has 0 aliphatic rings. The van der Waals surface area contributed by atoms with Crippen LogP contribution in [-0.4, -0.2) is 10.1 Å². The fourth-order valence-corrected chi connectivity index (χ4v) is 1.02. The Morgan fingerprint density at radius 2 is 1.91 bits per heavy atom. The second-order valence-electron chi connectivity index (χ2n) is 1.94. The number of halogens is 1. The summed E-state index contributed by atoms with van der Waals surface area (Å²) in [7, 11) is -3.88. The van der Waals surface area contributed by atoms with Gasteiger partial charge in [-0.15, -0.1) is 3.89 Å². The van der Waals surface area contributed by atoms with Gasteiger partial charge in [0.25, 0.3) is 10.2 Å². The minimum atomic E-state index is -3.88. The number of para-hydroxylation sites is 1. The molecule has 1 unspecified atom stereocenters. The van der Waals surface area contributed by atoms with Crippen molar-refractivity contribution in [2.24, 2.45) is 0 Å². The Kier molecular flexibility index (Phi) is 2.14. The highest BCUT2D eigenvalue weighted by molar-refractivity contribution is 7.91. The summed E-state index contributed by atoms with van der Waals surface area (Å²) in [4.78, 5) is 0. The van der Waals surface area contributed by atoms with Crippen LogP contribution in [0.1, 0.15) is 0 Å². The minimum absolute atomic E-state index is 0.218. The molecule has 0 spiro atoms. The molecule has 1 aromatic carbocycles. The molecule has 0 saturated heterocycles. The smallest absolute Gasteiger partial charge is 0.279 e. The molecule has 11 heavy (non-hydrogen) atoms. The van der Waals surface area contributed by atoms with E-state index < -0.39 is 10.2 Å². The van der Waals surface area contributed by atoms with E-state index in [2.05, 4.69) is 10.1 Å². The first kappa shape index (κ1) is 8.07. The number of benzene rings is 1. The van der Waals surface area contributed by atoms with E-state index in [9.17, 15) is 8.09 Å². The average molecular weight is 174 g/mol. The third kappa shape index (κ3) is 3.04. The molecule has 0 amide bonds. The van der Waals surface area contributed by atoms with Crippen molar-refractivity contribution in [3.05, 3.63) is 30.3 Å². The highest BCUT2D eigenvalue weighted by Crippen LogP contribution is 2.11. The summed E-state index contributed by atoms with van der Waals surface area (Å²) in [5.41, 5.74) is 0. The van der Waals surface area contributed by atoms with Gasteiger partial charge in [-0.1, -0.05) is 18.2 Å². The second-order valence-corrected chi connectivity index (χ2v) is 3.18. The maximum atomic E-state index is 12.3. The molecule has 0 bridgehead atoms. The lowest BCUT2D eigenvalue weighted by atomic mass is 10.3. The van der Waals surface area contributed by atoms with Crippen molar-refractivity contribution in [2.75, 3.05) is 0 Å². The molecule has 1 atom stereocenters. The van der Waals surface area contributed by atoms with Crippen molar-refractivity contribution in [3.63, 3.8) is 0 Å². The van der Waals surface area contributed by atoms with E-state index in [1.54, 1.807) is 18.2 Å². The Hall–Kier alpha value is -1.03. The second kappa shape index (κ2) is 2.92. The largest absolute Gasteiger partial charge is 0.387 e. The molecule has 0 aromatic heterocycles. The first-order chi connectivity index (χ1) is 5.08. The van der Waals surface area contributed by atoms with Crippen LogP contribution in [0.25, 0.3) is 0 Å². The van der Waals surface area contributed by atoms with E-state index in [1.165, 1.54) is 12.1 Å². The molecule has 1 rings (SSSR count). The van der Waals surface area contributed by atoms with Crippen LogP contribution in [0.2, 0.25) is 0 Å². The van der Waals surface area contributed by atoms with E-state index in [0.29, 0.717) is 0 Å². The van der Waals surface area contributed by atoms with Gasteiger partial charge in [-0.3, -0.25) is 0 Å². The molecule has 1 aromatic rings.